The number of amides is 1. The number of rotatable bonds is 11. The first-order chi connectivity index (χ1) is 16.6. The predicted octanol–water partition coefficient (Wildman–Crippen LogP) is 1.98. The number of nitrogens with zero attached hydrogens (tertiary/aromatic N) is 1. The predicted molar refractivity (Wildman–Crippen MR) is 135 cm³/mol. The summed E-state index contributed by atoms with van der Waals surface area (Å²) in [6.07, 6.45) is -0.992. The second kappa shape index (κ2) is 12.3. The second-order valence-corrected chi connectivity index (χ2v) is 11.3. The minimum absolute atomic E-state index is 0.0196. The van der Waals surface area contributed by atoms with Gasteiger partial charge < -0.3 is 26.2 Å². The van der Waals surface area contributed by atoms with Crippen LogP contribution in [0.25, 0.3) is 0 Å². The maximum atomic E-state index is 13.4. The Balaban J connectivity index is 1.80. The van der Waals surface area contributed by atoms with Gasteiger partial charge in [0.1, 0.15) is 6.10 Å². The molecule has 0 aliphatic carbocycles. The van der Waals surface area contributed by atoms with Crippen LogP contribution >= 0.6 is 0 Å². The lowest BCUT2D eigenvalue weighted by Crippen LogP contribution is -2.51. The summed E-state index contributed by atoms with van der Waals surface area (Å²) in [6.45, 7) is 5.20. The third-order valence-electron chi connectivity index (χ3n) is 5.83. The molecular formula is C25H36N4O5S. The highest BCUT2D eigenvalue weighted by Crippen LogP contribution is 2.20. The minimum Gasteiger partial charge on any atom is -0.445 e. The number of nitrogen functional groups attached to an aromatic ring is 1. The fourth-order valence-corrected chi connectivity index (χ4v) is 5.64. The van der Waals surface area contributed by atoms with Crippen molar-refractivity contribution in [3.8, 4) is 0 Å². The van der Waals surface area contributed by atoms with Crippen molar-refractivity contribution in [1.29, 1.82) is 0 Å². The number of hydrogen-bond acceptors (Lipinski definition) is 7. The Morgan fingerprint density at radius 2 is 1.86 bits per heavy atom. The van der Waals surface area contributed by atoms with Crippen molar-refractivity contribution in [2.24, 2.45) is 5.92 Å². The number of sulfonamides is 1. The standard InChI is InChI=1S/C25H36N4O5S/c1-18(2)16-29(35(32,33)22-10-8-20(26)9-11-22)17-24(30)23(14-19-6-4-3-5-7-19)28-25(31)34-21-12-13-27-15-21/h3-11,18,21,23-24,27,30H,12-17,26H2,1-2H3,(H,28,31)/t21-,23-,24+/m0/s1. The van der Waals surface area contributed by atoms with Crippen molar-refractivity contribution in [2.75, 3.05) is 31.9 Å². The summed E-state index contributed by atoms with van der Waals surface area (Å²) in [6, 6.07) is 14.6. The molecule has 192 valence electrons. The van der Waals surface area contributed by atoms with Gasteiger partial charge in [-0.05, 0) is 55.1 Å². The molecule has 0 radical (unpaired) electrons. The molecule has 0 aromatic heterocycles. The molecule has 35 heavy (non-hydrogen) atoms. The zero-order valence-corrected chi connectivity index (χ0v) is 21.1. The number of benzene rings is 2. The van der Waals surface area contributed by atoms with E-state index in [0.29, 0.717) is 18.7 Å². The van der Waals surface area contributed by atoms with Crippen LogP contribution in [0.1, 0.15) is 25.8 Å². The summed E-state index contributed by atoms with van der Waals surface area (Å²) < 4.78 is 33.5. The van der Waals surface area contributed by atoms with Crippen molar-refractivity contribution in [3.05, 3.63) is 60.2 Å². The molecule has 9 nitrogen and oxygen atoms in total. The molecule has 10 heteroatoms. The largest absolute Gasteiger partial charge is 0.445 e. The van der Waals surface area contributed by atoms with E-state index < -0.39 is 28.3 Å². The Bertz CT molecular complexity index is 1040. The van der Waals surface area contributed by atoms with Crippen molar-refractivity contribution >= 4 is 21.8 Å². The highest BCUT2D eigenvalue weighted by Gasteiger charge is 2.32. The molecule has 1 fully saturated rings. The van der Waals surface area contributed by atoms with Gasteiger partial charge in [-0.3, -0.25) is 0 Å². The lowest BCUT2D eigenvalue weighted by molar-refractivity contribution is 0.0756. The van der Waals surface area contributed by atoms with Crippen molar-refractivity contribution in [3.63, 3.8) is 0 Å². The first-order valence-corrected chi connectivity index (χ1v) is 13.3. The molecule has 1 aliphatic heterocycles. The van der Waals surface area contributed by atoms with E-state index in [0.717, 1.165) is 18.5 Å². The normalized spacial score (nSPS) is 17.9. The Hall–Kier alpha value is -2.66. The van der Waals surface area contributed by atoms with E-state index >= 15 is 0 Å². The molecule has 2 aromatic rings. The van der Waals surface area contributed by atoms with Crippen LogP contribution in [-0.2, 0) is 21.2 Å². The van der Waals surface area contributed by atoms with E-state index in [-0.39, 0.29) is 30.0 Å². The van der Waals surface area contributed by atoms with Gasteiger partial charge in [-0.25, -0.2) is 13.2 Å². The first kappa shape index (κ1) is 26.9. The van der Waals surface area contributed by atoms with E-state index in [1.165, 1.54) is 28.6 Å². The van der Waals surface area contributed by atoms with Crippen molar-refractivity contribution in [1.82, 2.24) is 14.9 Å². The number of alkyl carbamates (subject to hydrolysis) is 1. The van der Waals surface area contributed by atoms with E-state index in [4.69, 9.17) is 10.5 Å². The molecule has 1 saturated heterocycles. The Morgan fingerprint density at radius 1 is 1.17 bits per heavy atom. The van der Waals surface area contributed by atoms with Gasteiger partial charge in [0.05, 0.1) is 17.0 Å². The number of anilines is 1. The van der Waals surface area contributed by atoms with Gasteiger partial charge >= 0.3 is 6.09 Å². The molecule has 0 spiro atoms. The third kappa shape index (κ3) is 7.93. The van der Waals surface area contributed by atoms with Crippen LogP contribution in [0.15, 0.2) is 59.5 Å². The smallest absolute Gasteiger partial charge is 0.407 e. The van der Waals surface area contributed by atoms with Crippen molar-refractivity contribution < 1.29 is 23.1 Å². The number of carbonyl (C=O) groups excluding carboxylic acids is 1. The maximum absolute atomic E-state index is 13.4. The molecule has 0 bridgehead atoms. The van der Waals surface area contributed by atoms with Gasteiger partial charge in [0.2, 0.25) is 10.0 Å². The molecule has 3 rings (SSSR count). The molecule has 1 aliphatic rings. The molecule has 3 atom stereocenters. The van der Waals surface area contributed by atoms with E-state index in [1.54, 1.807) is 0 Å². The lowest BCUT2D eigenvalue weighted by atomic mass is 10.0. The average molecular weight is 505 g/mol. The summed E-state index contributed by atoms with van der Waals surface area (Å²) in [7, 11) is -3.90. The number of ether oxygens (including phenoxy) is 1. The van der Waals surface area contributed by atoms with Gasteiger partial charge in [-0.1, -0.05) is 44.2 Å². The van der Waals surface area contributed by atoms with Crippen LogP contribution in [-0.4, -0.2) is 68.4 Å². The van der Waals surface area contributed by atoms with Crippen LogP contribution in [0, 0.1) is 5.92 Å². The summed E-state index contributed by atoms with van der Waals surface area (Å²) in [5.74, 6) is 0.0196. The Morgan fingerprint density at radius 3 is 2.46 bits per heavy atom. The third-order valence-corrected chi connectivity index (χ3v) is 7.68. The molecule has 5 N–H and O–H groups in total. The SMILES string of the molecule is CC(C)CN(C[C@@H](O)[C@H](Cc1ccccc1)NC(=O)O[C@H]1CCNC1)S(=O)(=O)c1ccc(N)cc1. The summed E-state index contributed by atoms with van der Waals surface area (Å²) >= 11 is 0. The average Bonchev–Trinajstić information content (AvgIpc) is 3.31. The molecule has 0 unspecified atom stereocenters. The highest BCUT2D eigenvalue weighted by atomic mass is 32.2. The van der Waals surface area contributed by atoms with Crippen LogP contribution in [0.3, 0.4) is 0 Å². The van der Waals surface area contributed by atoms with Gasteiger partial charge in [0.25, 0.3) is 0 Å². The summed E-state index contributed by atoms with van der Waals surface area (Å²) in [5.41, 5.74) is 7.08. The van der Waals surface area contributed by atoms with Crippen molar-refractivity contribution in [2.45, 2.75) is 49.8 Å². The van der Waals surface area contributed by atoms with E-state index in [1.807, 2.05) is 44.2 Å². The number of hydrogen-bond donors (Lipinski definition) is 4. The van der Waals surface area contributed by atoms with E-state index in [2.05, 4.69) is 10.6 Å². The van der Waals surface area contributed by atoms with Gasteiger partial charge in [-0.2, -0.15) is 4.31 Å². The van der Waals surface area contributed by atoms with Crippen LogP contribution in [0.4, 0.5) is 10.5 Å². The monoisotopic (exact) mass is 504 g/mol. The first-order valence-electron chi connectivity index (χ1n) is 11.9. The van der Waals surface area contributed by atoms with Gasteiger partial charge in [0.15, 0.2) is 0 Å². The Kier molecular flexibility index (Phi) is 9.50. The van der Waals surface area contributed by atoms with Crippen LogP contribution in [0.5, 0.6) is 0 Å². The zero-order chi connectivity index (χ0) is 25.4. The minimum atomic E-state index is -3.90. The topological polar surface area (TPSA) is 134 Å². The summed E-state index contributed by atoms with van der Waals surface area (Å²) in [5, 5.41) is 17.1. The molecule has 0 saturated carbocycles. The fourth-order valence-electron chi connectivity index (χ4n) is 4.02. The lowest BCUT2D eigenvalue weighted by Gasteiger charge is -2.30. The molecular weight excluding hydrogens is 468 g/mol. The van der Waals surface area contributed by atoms with Gasteiger partial charge in [-0.15, -0.1) is 0 Å². The number of aliphatic hydroxyl groups is 1. The highest BCUT2D eigenvalue weighted by molar-refractivity contribution is 7.89. The maximum Gasteiger partial charge on any atom is 0.407 e. The quantitative estimate of drug-likeness (QED) is 0.344. The zero-order valence-electron chi connectivity index (χ0n) is 20.3. The summed E-state index contributed by atoms with van der Waals surface area (Å²) in [4.78, 5) is 12.7. The van der Waals surface area contributed by atoms with Gasteiger partial charge in [0, 0.05) is 25.3 Å². The van der Waals surface area contributed by atoms with Crippen LogP contribution in [0.2, 0.25) is 0 Å². The second-order valence-electron chi connectivity index (χ2n) is 9.31. The number of nitrogens with two attached hydrogens (primary N) is 1. The number of carbonyl (C=O) groups is 1. The van der Waals surface area contributed by atoms with Crippen LogP contribution < -0.4 is 16.4 Å². The number of nitrogens with one attached hydrogen (secondary N) is 2. The molecule has 1 amide bonds. The van der Waals surface area contributed by atoms with E-state index in [9.17, 15) is 18.3 Å². The fraction of sp³-hybridized carbons (Fsp3) is 0.480. The Labute approximate surface area is 207 Å². The molecule has 2 aromatic carbocycles. The number of aliphatic hydroxyl groups excluding tert-OH is 1. The molecule has 1 heterocycles.